The van der Waals surface area contributed by atoms with E-state index < -0.39 is 0 Å². The number of aromatic amines is 1. The van der Waals surface area contributed by atoms with Crippen LogP contribution < -0.4 is 11.1 Å². The van der Waals surface area contributed by atoms with Crippen molar-refractivity contribution in [3.8, 4) is 0 Å². The minimum Gasteiger partial charge on any atom is -0.377 e. The smallest absolute Gasteiger partial charge is 0.239 e. The van der Waals surface area contributed by atoms with E-state index in [1.807, 2.05) is 0 Å². The normalized spacial score (nSPS) is 18.0. The van der Waals surface area contributed by atoms with Gasteiger partial charge in [-0.25, -0.2) is 0 Å². The molecule has 1 saturated carbocycles. The first-order chi connectivity index (χ1) is 10.0. The van der Waals surface area contributed by atoms with Crippen molar-refractivity contribution in [2.45, 2.75) is 51.0 Å². The summed E-state index contributed by atoms with van der Waals surface area (Å²) >= 11 is 0. The average Bonchev–Trinajstić information content (AvgIpc) is 2.84. The van der Waals surface area contributed by atoms with Crippen molar-refractivity contribution in [2.24, 2.45) is 5.92 Å². The van der Waals surface area contributed by atoms with Gasteiger partial charge in [-0.05, 0) is 19.3 Å². The van der Waals surface area contributed by atoms with Crippen molar-refractivity contribution in [1.82, 2.24) is 20.5 Å². The van der Waals surface area contributed by atoms with Crippen LogP contribution in [0.2, 0.25) is 0 Å². The third kappa shape index (κ3) is 4.70. The number of aryl methyl sites for hydroxylation is 1. The van der Waals surface area contributed by atoms with Crippen molar-refractivity contribution in [3.63, 3.8) is 0 Å². The predicted molar refractivity (Wildman–Crippen MR) is 79.5 cm³/mol. The number of hydrogen-bond acceptors (Lipinski definition) is 5. The fourth-order valence-corrected chi connectivity index (χ4v) is 2.56. The van der Waals surface area contributed by atoms with Crippen LogP contribution in [-0.4, -0.2) is 40.3 Å². The molecule has 7 heteroatoms. The molecule has 0 spiro atoms. The summed E-state index contributed by atoms with van der Waals surface area (Å²) in [5, 5.41) is 9.37. The van der Waals surface area contributed by atoms with Gasteiger partial charge in [0.15, 0.2) is 0 Å². The summed E-state index contributed by atoms with van der Waals surface area (Å²) in [5.41, 5.74) is 5.13. The highest BCUT2D eigenvalue weighted by molar-refractivity contribution is 5.76. The molecule has 1 fully saturated rings. The molecule has 0 bridgehead atoms. The maximum atomic E-state index is 11.9. The average molecular weight is 295 g/mol. The van der Waals surface area contributed by atoms with Crippen LogP contribution in [0, 0.1) is 5.92 Å². The summed E-state index contributed by atoms with van der Waals surface area (Å²) in [6.45, 7) is 2.60. The number of carbonyl (C=O) groups is 1. The lowest BCUT2D eigenvalue weighted by atomic mass is 9.77. The van der Waals surface area contributed by atoms with Gasteiger partial charge >= 0.3 is 0 Å². The number of ether oxygens (including phenoxy) is 1. The quantitative estimate of drug-likeness (QED) is 0.664. The Labute approximate surface area is 125 Å². The Morgan fingerprint density at radius 3 is 2.86 bits per heavy atom. The monoisotopic (exact) mass is 295 g/mol. The van der Waals surface area contributed by atoms with E-state index in [9.17, 15) is 4.79 Å². The van der Waals surface area contributed by atoms with Gasteiger partial charge < -0.3 is 15.8 Å². The molecule has 1 aliphatic rings. The number of methoxy groups -OCH3 is 1. The number of carbonyl (C=O) groups excluding carboxylic acids is 1. The summed E-state index contributed by atoms with van der Waals surface area (Å²) < 4.78 is 5.60. The first-order valence-electron chi connectivity index (χ1n) is 7.49. The van der Waals surface area contributed by atoms with E-state index in [1.165, 1.54) is 19.3 Å². The van der Waals surface area contributed by atoms with E-state index >= 15 is 0 Å². The Kier molecular flexibility index (Phi) is 5.17. The maximum absolute atomic E-state index is 11.9. The SMILES string of the molecule is COC(C)(CNC(=O)CCc1nc(N)n[nH]1)CC1CCC1. The lowest BCUT2D eigenvalue weighted by Crippen LogP contribution is -2.44. The second-order valence-electron chi connectivity index (χ2n) is 6.07. The third-order valence-electron chi connectivity index (χ3n) is 4.24. The molecule has 21 heavy (non-hydrogen) atoms. The van der Waals surface area contributed by atoms with Crippen molar-refractivity contribution in [1.29, 1.82) is 0 Å². The van der Waals surface area contributed by atoms with E-state index in [1.54, 1.807) is 7.11 Å². The molecule has 0 radical (unpaired) electrons. The Hall–Kier alpha value is -1.63. The predicted octanol–water partition coefficient (Wildman–Crippen LogP) is 1.03. The number of rotatable bonds is 8. The third-order valence-corrected chi connectivity index (χ3v) is 4.24. The number of anilines is 1. The molecular formula is C14H25N5O2. The summed E-state index contributed by atoms with van der Waals surface area (Å²) in [5.74, 6) is 1.57. The van der Waals surface area contributed by atoms with Crippen molar-refractivity contribution < 1.29 is 9.53 Å². The molecule has 0 saturated heterocycles. The van der Waals surface area contributed by atoms with E-state index in [0.29, 0.717) is 25.2 Å². The molecule has 1 heterocycles. The number of nitrogens with zero attached hydrogens (tertiary/aromatic N) is 2. The molecule has 2 rings (SSSR count). The molecule has 1 unspecified atom stereocenters. The van der Waals surface area contributed by atoms with Crippen LogP contribution in [0.5, 0.6) is 0 Å². The lowest BCUT2D eigenvalue weighted by Gasteiger charge is -2.36. The van der Waals surface area contributed by atoms with Gasteiger partial charge in [0.1, 0.15) is 5.82 Å². The molecule has 1 aromatic rings. The van der Waals surface area contributed by atoms with Gasteiger partial charge in [-0.15, -0.1) is 5.10 Å². The molecule has 0 aromatic carbocycles. The van der Waals surface area contributed by atoms with Crippen LogP contribution in [0.3, 0.4) is 0 Å². The van der Waals surface area contributed by atoms with Crippen LogP contribution >= 0.6 is 0 Å². The summed E-state index contributed by atoms with van der Waals surface area (Å²) in [6.07, 6.45) is 5.74. The Morgan fingerprint density at radius 1 is 1.57 bits per heavy atom. The van der Waals surface area contributed by atoms with Gasteiger partial charge in [-0.3, -0.25) is 9.89 Å². The number of hydrogen-bond donors (Lipinski definition) is 3. The van der Waals surface area contributed by atoms with E-state index in [2.05, 4.69) is 27.4 Å². The molecular weight excluding hydrogens is 270 g/mol. The minimum absolute atomic E-state index is 0.0122. The molecule has 118 valence electrons. The fraction of sp³-hybridized carbons (Fsp3) is 0.786. The Morgan fingerprint density at radius 2 is 2.33 bits per heavy atom. The standard InChI is InChI=1S/C14H25N5O2/c1-14(21-2,8-10-4-3-5-10)9-16-12(20)7-6-11-17-13(15)19-18-11/h10H,3-9H2,1-2H3,(H,16,20)(H3,15,17,18,19). The number of nitrogens with two attached hydrogens (primary N) is 1. The van der Waals surface area contributed by atoms with Crippen molar-refractivity contribution >= 4 is 11.9 Å². The van der Waals surface area contributed by atoms with Crippen molar-refractivity contribution in [2.75, 3.05) is 19.4 Å². The Bertz CT molecular complexity index is 472. The van der Waals surface area contributed by atoms with E-state index in [-0.39, 0.29) is 17.5 Å². The molecule has 1 aromatic heterocycles. The minimum atomic E-state index is -0.280. The number of aromatic nitrogens is 3. The largest absolute Gasteiger partial charge is 0.377 e. The molecule has 7 nitrogen and oxygen atoms in total. The van der Waals surface area contributed by atoms with Crippen LogP contribution in [0.15, 0.2) is 0 Å². The first kappa shape index (κ1) is 15.8. The summed E-state index contributed by atoms with van der Waals surface area (Å²) in [6, 6.07) is 0. The first-order valence-corrected chi connectivity index (χ1v) is 7.49. The highest BCUT2D eigenvalue weighted by atomic mass is 16.5. The molecule has 0 aliphatic heterocycles. The Balaban J connectivity index is 1.71. The highest BCUT2D eigenvalue weighted by Crippen LogP contribution is 2.34. The van der Waals surface area contributed by atoms with Gasteiger partial charge in [0.2, 0.25) is 11.9 Å². The molecule has 1 atom stereocenters. The fourth-order valence-electron chi connectivity index (χ4n) is 2.56. The van der Waals surface area contributed by atoms with Crippen LogP contribution in [0.1, 0.15) is 44.9 Å². The van der Waals surface area contributed by atoms with Crippen molar-refractivity contribution in [3.05, 3.63) is 5.82 Å². The number of nitrogens with one attached hydrogen (secondary N) is 2. The summed E-state index contributed by atoms with van der Waals surface area (Å²) in [4.78, 5) is 15.9. The zero-order valence-corrected chi connectivity index (χ0v) is 12.8. The molecule has 1 amide bonds. The topological polar surface area (TPSA) is 106 Å². The van der Waals surface area contributed by atoms with Gasteiger partial charge in [0.05, 0.1) is 5.60 Å². The van der Waals surface area contributed by atoms with Crippen LogP contribution in [0.4, 0.5) is 5.95 Å². The zero-order valence-electron chi connectivity index (χ0n) is 12.8. The van der Waals surface area contributed by atoms with Gasteiger partial charge in [-0.1, -0.05) is 19.3 Å². The molecule has 1 aliphatic carbocycles. The van der Waals surface area contributed by atoms with Gasteiger partial charge in [-0.2, -0.15) is 4.98 Å². The van der Waals surface area contributed by atoms with Crippen LogP contribution in [-0.2, 0) is 16.0 Å². The van der Waals surface area contributed by atoms with Gasteiger partial charge in [0, 0.05) is 26.5 Å². The summed E-state index contributed by atoms with van der Waals surface area (Å²) in [7, 11) is 1.71. The van der Waals surface area contributed by atoms with Gasteiger partial charge in [0.25, 0.3) is 0 Å². The number of amides is 1. The van der Waals surface area contributed by atoms with Crippen LogP contribution in [0.25, 0.3) is 0 Å². The van der Waals surface area contributed by atoms with E-state index in [0.717, 1.165) is 12.3 Å². The molecule has 4 N–H and O–H groups in total. The second kappa shape index (κ2) is 6.89. The lowest BCUT2D eigenvalue weighted by molar-refractivity contribution is -0.122. The zero-order chi connectivity index (χ0) is 15.3. The highest BCUT2D eigenvalue weighted by Gasteiger charge is 2.31. The second-order valence-corrected chi connectivity index (χ2v) is 6.07. The maximum Gasteiger partial charge on any atom is 0.239 e. The number of nitrogen functional groups attached to an aromatic ring is 1. The number of H-pyrrole nitrogens is 1. The van der Waals surface area contributed by atoms with E-state index in [4.69, 9.17) is 10.5 Å².